The fourth-order valence-electron chi connectivity index (χ4n) is 2.79. The number of carbonyl (C=O) groups is 2. The maximum absolute atomic E-state index is 12.3. The summed E-state index contributed by atoms with van der Waals surface area (Å²) in [7, 11) is 0. The molecule has 6 heteroatoms. The third-order valence-corrected chi connectivity index (χ3v) is 5.22. The molecule has 136 valence electrons. The molecular formula is C20H23N3O2S. The Morgan fingerprint density at radius 1 is 1.15 bits per heavy atom. The van der Waals surface area contributed by atoms with Crippen LogP contribution in [0.4, 0.5) is 5.69 Å². The summed E-state index contributed by atoms with van der Waals surface area (Å²) in [6.07, 6.45) is 0.577. The van der Waals surface area contributed by atoms with Crippen LogP contribution in [0.5, 0.6) is 0 Å². The molecule has 2 unspecified atom stereocenters. The highest BCUT2D eigenvalue weighted by Crippen LogP contribution is 2.19. The van der Waals surface area contributed by atoms with Crippen LogP contribution in [0.3, 0.4) is 0 Å². The average Bonchev–Trinajstić information content (AvgIpc) is 2.62. The number of hydrogen-bond acceptors (Lipinski definition) is 4. The van der Waals surface area contributed by atoms with Crippen molar-refractivity contribution in [2.24, 2.45) is 0 Å². The van der Waals surface area contributed by atoms with Gasteiger partial charge in [-0.1, -0.05) is 48.0 Å². The summed E-state index contributed by atoms with van der Waals surface area (Å²) < 4.78 is 0. The predicted molar refractivity (Wildman–Crippen MR) is 106 cm³/mol. The summed E-state index contributed by atoms with van der Waals surface area (Å²) in [6.45, 7) is 2.00. The van der Waals surface area contributed by atoms with E-state index < -0.39 is 0 Å². The number of aryl methyl sites for hydroxylation is 1. The van der Waals surface area contributed by atoms with E-state index in [9.17, 15) is 9.59 Å². The zero-order valence-electron chi connectivity index (χ0n) is 14.7. The van der Waals surface area contributed by atoms with E-state index in [-0.39, 0.29) is 29.8 Å². The Morgan fingerprint density at radius 3 is 2.62 bits per heavy atom. The van der Waals surface area contributed by atoms with Crippen molar-refractivity contribution < 1.29 is 9.59 Å². The highest BCUT2D eigenvalue weighted by Gasteiger charge is 2.27. The van der Waals surface area contributed by atoms with Crippen molar-refractivity contribution in [3.8, 4) is 0 Å². The highest BCUT2D eigenvalue weighted by molar-refractivity contribution is 7.99. The molecule has 2 atom stereocenters. The molecule has 26 heavy (non-hydrogen) atoms. The Kier molecular flexibility index (Phi) is 6.30. The van der Waals surface area contributed by atoms with Crippen LogP contribution in [0.2, 0.25) is 0 Å². The maximum atomic E-state index is 12.3. The minimum atomic E-state index is -0.186. The van der Waals surface area contributed by atoms with Gasteiger partial charge < -0.3 is 10.6 Å². The van der Waals surface area contributed by atoms with Crippen LogP contribution < -0.4 is 16.0 Å². The van der Waals surface area contributed by atoms with Crippen LogP contribution in [-0.2, 0) is 15.3 Å². The molecule has 3 rings (SSSR count). The van der Waals surface area contributed by atoms with Crippen molar-refractivity contribution in [3.63, 3.8) is 0 Å². The van der Waals surface area contributed by atoms with Crippen LogP contribution >= 0.6 is 11.8 Å². The van der Waals surface area contributed by atoms with Crippen LogP contribution in [0.15, 0.2) is 54.6 Å². The first-order valence-electron chi connectivity index (χ1n) is 8.66. The van der Waals surface area contributed by atoms with Gasteiger partial charge in [-0.3, -0.25) is 14.9 Å². The van der Waals surface area contributed by atoms with Crippen molar-refractivity contribution in [3.05, 3.63) is 65.7 Å². The number of nitrogens with one attached hydrogen (secondary N) is 3. The lowest BCUT2D eigenvalue weighted by molar-refractivity contribution is -0.124. The summed E-state index contributed by atoms with van der Waals surface area (Å²) in [6, 6.07) is 17.6. The first kappa shape index (κ1) is 18.5. The lowest BCUT2D eigenvalue weighted by Crippen LogP contribution is -2.55. The van der Waals surface area contributed by atoms with Crippen LogP contribution in [0.1, 0.15) is 24.0 Å². The van der Waals surface area contributed by atoms with Crippen molar-refractivity contribution in [1.29, 1.82) is 0 Å². The first-order valence-corrected chi connectivity index (χ1v) is 9.71. The van der Waals surface area contributed by atoms with Gasteiger partial charge in [0, 0.05) is 30.3 Å². The van der Waals surface area contributed by atoms with Crippen molar-refractivity contribution in [1.82, 2.24) is 10.6 Å². The molecule has 2 aromatic rings. The second kappa shape index (κ2) is 8.87. The quantitative estimate of drug-likeness (QED) is 0.732. The largest absolute Gasteiger partial charge is 0.332 e. The molecule has 0 aromatic heterocycles. The molecule has 0 bridgehead atoms. The number of amides is 2. The zero-order chi connectivity index (χ0) is 18.4. The van der Waals surface area contributed by atoms with Gasteiger partial charge in [0.15, 0.2) is 0 Å². The second-order valence-electron chi connectivity index (χ2n) is 6.43. The molecule has 1 heterocycles. The van der Waals surface area contributed by atoms with E-state index in [4.69, 9.17) is 0 Å². The van der Waals surface area contributed by atoms with E-state index in [2.05, 4.69) is 28.1 Å². The van der Waals surface area contributed by atoms with E-state index in [0.717, 1.165) is 17.0 Å². The van der Waals surface area contributed by atoms with Gasteiger partial charge in [-0.25, -0.2) is 0 Å². The van der Waals surface area contributed by atoms with E-state index in [1.54, 1.807) is 11.8 Å². The molecular weight excluding hydrogens is 346 g/mol. The van der Waals surface area contributed by atoms with Crippen LogP contribution in [-0.4, -0.2) is 23.4 Å². The summed E-state index contributed by atoms with van der Waals surface area (Å²) in [5, 5.41) is 9.16. The number of anilines is 1. The van der Waals surface area contributed by atoms with Gasteiger partial charge >= 0.3 is 0 Å². The SMILES string of the molecule is Cc1ccc(NC(=O)CC2CC(=O)NC(SCc3ccccc3)N2)cc1. The molecule has 1 aliphatic heterocycles. The molecule has 0 radical (unpaired) electrons. The van der Waals surface area contributed by atoms with Gasteiger partial charge in [-0.2, -0.15) is 0 Å². The fraction of sp³-hybridized carbons (Fsp3) is 0.300. The van der Waals surface area contributed by atoms with Crippen LogP contribution in [0, 0.1) is 6.92 Å². The van der Waals surface area contributed by atoms with E-state index in [0.29, 0.717) is 6.42 Å². The molecule has 5 nitrogen and oxygen atoms in total. The molecule has 2 amide bonds. The summed E-state index contributed by atoms with van der Waals surface area (Å²) in [5.74, 6) is 0.677. The topological polar surface area (TPSA) is 70.2 Å². The Bertz CT molecular complexity index is 749. The molecule has 1 fully saturated rings. The molecule has 1 saturated heterocycles. The van der Waals surface area contributed by atoms with Gasteiger partial charge in [0.2, 0.25) is 11.8 Å². The summed E-state index contributed by atoms with van der Waals surface area (Å²) in [4.78, 5) is 24.2. The predicted octanol–water partition coefficient (Wildman–Crippen LogP) is 3.02. The Balaban J connectivity index is 1.50. The molecule has 0 saturated carbocycles. The van der Waals surface area contributed by atoms with E-state index >= 15 is 0 Å². The molecule has 0 spiro atoms. The third kappa shape index (κ3) is 5.61. The first-order chi connectivity index (χ1) is 12.6. The minimum Gasteiger partial charge on any atom is -0.332 e. The number of benzene rings is 2. The molecule has 0 aliphatic carbocycles. The monoisotopic (exact) mass is 369 g/mol. The fourth-order valence-corrected chi connectivity index (χ4v) is 3.85. The van der Waals surface area contributed by atoms with Gasteiger partial charge in [0.25, 0.3) is 0 Å². The van der Waals surface area contributed by atoms with E-state index in [1.807, 2.05) is 49.4 Å². The standard InChI is InChI=1S/C20H23N3O2S/c1-14-7-9-16(10-8-14)21-18(24)11-17-12-19(25)23-20(22-17)26-13-15-5-3-2-4-6-15/h2-10,17,20,22H,11-13H2,1H3,(H,21,24)(H,23,25). The Labute approximate surface area is 157 Å². The number of rotatable bonds is 6. The smallest absolute Gasteiger partial charge is 0.225 e. The summed E-state index contributed by atoms with van der Waals surface area (Å²) in [5.41, 5.74) is 2.93. The van der Waals surface area contributed by atoms with Gasteiger partial charge in [-0.15, -0.1) is 11.8 Å². The lowest BCUT2D eigenvalue weighted by atomic mass is 10.1. The molecule has 3 N–H and O–H groups in total. The maximum Gasteiger partial charge on any atom is 0.225 e. The number of thioether (sulfide) groups is 1. The number of hydrogen-bond donors (Lipinski definition) is 3. The Hall–Kier alpha value is -2.31. The highest BCUT2D eigenvalue weighted by atomic mass is 32.2. The Morgan fingerprint density at radius 2 is 1.88 bits per heavy atom. The summed E-state index contributed by atoms with van der Waals surface area (Å²) >= 11 is 1.62. The lowest BCUT2D eigenvalue weighted by Gasteiger charge is -2.31. The second-order valence-corrected chi connectivity index (χ2v) is 7.52. The third-order valence-electron chi connectivity index (χ3n) is 4.14. The minimum absolute atomic E-state index is 0.0255. The number of carbonyl (C=O) groups excluding carboxylic acids is 2. The van der Waals surface area contributed by atoms with Crippen molar-refractivity contribution in [2.45, 2.75) is 37.1 Å². The van der Waals surface area contributed by atoms with Gasteiger partial charge in [-0.05, 0) is 24.6 Å². The average molecular weight is 369 g/mol. The molecule has 2 aromatic carbocycles. The van der Waals surface area contributed by atoms with Gasteiger partial charge in [0.05, 0.1) is 0 Å². The van der Waals surface area contributed by atoms with E-state index in [1.165, 1.54) is 5.56 Å². The van der Waals surface area contributed by atoms with Crippen molar-refractivity contribution in [2.75, 3.05) is 5.32 Å². The zero-order valence-corrected chi connectivity index (χ0v) is 15.5. The van der Waals surface area contributed by atoms with Crippen LogP contribution in [0.25, 0.3) is 0 Å². The normalized spacial score (nSPS) is 19.7. The van der Waals surface area contributed by atoms with Gasteiger partial charge in [0.1, 0.15) is 5.50 Å². The molecule has 1 aliphatic rings. The van der Waals surface area contributed by atoms with Crippen molar-refractivity contribution >= 4 is 29.3 Å².